The van der Waals surface area contributed by atoms with E-state index in [4.69, 9.17) is 0 Å². The van der Waals surface area contributed by atoms with Crippen molar-refractivity contribution in [2.75, 3.05) is 5.32 Å². The van der Waals surface area contributed by atoms with Crippen molar-refractivity contribution in [2.45, 2.75) is 0 Å². The van der Waals surface area contributed by atoms with Gasteiger partial charge in [-0.25, -0.2) is 9.37 Å². The molecular weight excluding hydrogens is 173 g/mol. The summed E-state index contributed by atoms with van der Waals surface area (Å²) in [5, 5.41) is 2.36. The molecule has 0 atom stereocenters. The van der Waals surface area contributed by atoms with Gasteiger partial charge in [0.1, 0.15) is 0 Å². The highest BCUT2D eigenvalue weighted by atomic mass is 19.1. The molecule has 1 amide bonds. The molecule has 5 heteroatoms. The Kier molecular flexibility index (Phi) is 1.70. The second-order valence-corrected chi connectivity index (χ2v) is 2.50. The molecule has 0 fully saturated rings. The minimum atomic E-state index is -0.461. The number of carbonyl (C=O) groups excluding carboxylic acids is 1. The van der Waals surface area contributed by atoms with Crippen LogP contribution in [-0.4, -0.2) is 15.8 Å². The number of nitrogens with one attached hydrogen (secondary N) is 1. The van der Waals surface area contributed by atoms with Gasteiger partial charge in [-0.2, -0.15) is 0 Å². The van der Waals surface area contributed by atoms with Gasteiger partial charge in [-0.15, -0.1) is 0 Å². The summed E-state index contributed by atoms with van der Waals surface area (Å²) in [7, 11) is 0. The fraction of sp³-hybridized carbons (Fsp3) is 0. The van der Waals surface area contributed by atoms with Crippen molar-refractivity contribution in [3.8, 4) is 0 Å². The molecule has 2 heterocycles. The Balaban J connectivity index is 2.62. The van der Waals surface area contributed by atoms with E-state index in [2.05, 4.69) is 10.3 Å². The van der Waals surface area contributed by atoms with E-state index in [9.17, 15) is 9.18 Å². The lowest BCUT2D eigenvalue weighted by Gasteiger charge is -2.00. The summed E-state index contributed by atoms with van der Waals surface area (Å²) in [5.41, 5.74) is 0.648. The van der Waals surface area contributed by atoms with Gasteiger partial charge in [0.25, 0.3) is 0 Å². The van der Waals surface area contributed by atoms with Crippen molar-refractivity contribution < 1.29 is 9.18 Å². The second-order valence-electron chi connectivity index (χ2n) is 2.50. The number of anilines is 1. The predicted molar refractivity (Wildman–Crippen MR) is 44.8 cm³/mol. The molecule has 2 aromatic rings. The van der Waals surface area contributed by atoms with E-state index in [-0.39, 0.29) is 5.65 Å². The van der Waals surface area contributed by atoms with Crippen LogP contribution in [0.1, 0.15) is 0 Å². The number of halogens is 1. The van der Waals surface area contributed by atoms with Gasteiger partial charge in [-0.05, 0) is 0 Å². The standard InChI is InChI=1S/C8H6FN3O/c9-7-3-6(11-5-13)4-12-2-1-10-8(7)12/h1-5H,(H,11,13). The van der Waals surface area contributed by atoms with E-state index in [1.54, 1.807) is 12.4 Å². The summed E-state index contributed by atoms with van der Waals surface area (Å²) in [6, 6.07) is 1.22. The molecule has 0 aromatic carbocycles. The average molecular weight is 179 g/mol. The van der Waals surface area contributed by atoms with E-state index in [1.807, 2.05) is 0 Å². The quantitative estimate of drug-likeness (QED) is 0.700. The minimum absolute atomic E-state index is 0.247. The number of carbonyl (C=O) groups is 1. The third-order valence-corrected chi connectivity index (χ3v) is 1.67. The third-order valence-electron chi connectivity index (χ3n) is 1.67. The summed E-state index contributed by atoms with van der Waals surface area (Å²) in [6.07, 6.45) is 5.18. The van der Waals surface area contributed by atoms with Crippen LogP contribution in [0.4, 0.5) is 10.1 Å². The molecule has 0 saturated carbocycles. The number of nitrogens with zero attached hydrogens (tertiary/aromatic N) is 2. The molecule has 2 aromatic heterocycles. The molecule has 4 nitrogen and oxygen atoms in total. The van der Waals surface area contributed by atoms with Crippen LogP contribution in [0.5, 0.6) is 0 Å². The normalized spacial score (nSPS) is 10.2. The third kappa shape index (κ3) is 1.24. The van der Waals surface area contributed by atoms with E-state index in [1.165, 1.54) is 16.7 Å². The maximum atomic E-state index is 13.2. The zero-order valence-electron chi connectivity index (χ0n) is 6.57. The number of imidazole rings is 1. The Bertz CT molecular complexity index is 452. The number of aromatic nitrogens is 2. The predicted octanol–water partition coefficient (Wildman–Crippen LogP) is 1.04. The Morgan fingerprint density at radius 1 is 1.62 bits per heavy atom. The maximum absolute atomic E-state index is 13.2. The first-order chi connectivity index (χ1) is 6.31. The number of amides is 1. The molecule has 66 valence electrons. The van der Waals surface area contributed by atoms with Crippen molar-refractivity contribution in [1.82, 2.24) is 9.38 Å². The lowest BCUT2D eigenvalue weighted by atomic mass is 10.4. The zero-order valence-corrected chi connectivity index (χ0v) is 6.57. The van der Waals surface area contributed by atoms with Gasteiger partial charge in [-0.1, -0.05) is 0 Å². The lowest BCUT2D eigenvalue weighted by Crippen LogP contribution is -1.97. The van der Waals surface area contributed by atoms with Crippen LogP contribution in [0, 0.1) is 5.82 Å². The molecule has 0 aliphatic rings. The summed E-state index contributed by atoms with van der Waals surface area (Å²) in [5.74, 6) is -0.461. The van der Waals surface area contributed by atoms with Gasteiger partial charge in [0.15, 0.2) is 11.5 Å². The van der Waals surface area contributed by atoms with Crippen LogP contribution in [0.15, 0.2) is 24.7 Å². The molecular formula is C8H6FN3O. The van der Waals surface area contributed by atoms with E-state index in [0.29, 0.717) is 12.1 Å². The van der Waals surface area contributed by atoms with Gasteiger partial charge in [0, 0.05) is 24.7 Å². The first-order valence-corrected chi connectivity index (χ1v) is 3.63. The Morgan fingerprint density at radius 3 is 3.23 bits per heavy atom. The van der Waals surface area contributed by atoms with E-state index >= 15 is 0 Å². The maximum Gasteiger partial charge on any atom is 0.211 e. The summed E-state index contributed by atoms with van der Waals surface area (Å²) >= 11 is 0. The summed E-state index contributed by atoms with van der Waals surface area (Å²) < 4.78 is 14.7. The van der Waals surface area contributed by atoms with Crippen molar-refractivity contribution in [3.05, 3.63) is 30.5 Å². The van der Waals surface area contributed by atoms with Gasteiger partial charge in [0.05, 0.1) is 5.69 Å². The Hall–Kier alpha value is -1.91. The highest BCUT2D eigenvalue weighted by Crippen LogP contribution is 2.13. The number of pyridine rings is 1. The molecule has 0 aliphatic heterocycles. The monoisotopic (exact) mass is 179 g/mol. The van der Waals surface area contributed by atoms with Crippen molar-refractivity contribution in [1.29, 1.82) is 0 Å². The number of fused-ring (bicyclic) bond motifs is 1. The first-order valence-electron chi connectivity index (χ1n) is 3.63. The van der Waals surface area contributed by atoms with E-state index < -0.39 is 5.82 Å². The van der Waals surface area contributed by atoms with Crippen molar-refractivity contribution >= 4 is 17.7 Å². The fourth-order valence-corrected chi connectivity index (χ4v) is 1.14. The van der Waals surface area contributed by atoms with Gasteiger partial charge in [0.2, 0.25) is 6.41 Å². The molecule has 0 saturated heterocycles. The largest absolute Gasteiger partial charge is 0.327 e. The number of hydrogen-bond donors (Lipinski definition) is 1. The topological polar surface area (TPSA) is 46.4 Å². The summed E-state index contributed by atoms with van der Waals surface area (Å²) in [6.45, 7) is 0. The van der Waals surface area contributed by atoms with Crippen LogP contribution in [0.3, 0.4) is 0 Å². The van der Waals surface area contributed by atoms with Crippen LogP contribution in [0.2, 0.25) is 0 Å². The minimum Gasteiger partial charge on any atom is -0.327 e. The molecule has 1 N–H and O–H groups in total. The SMILES string of the molecule is O=CNc1cc(F)c2nccn2c1. The fourth-order valence-electron chi connectivity index (χ4n) is 1.14. The van der Waals surface area contributed by atoms with Gasteiger partial charge in [-0.3, -0.25) is 4.79 Å². The lowest BCUT2D eigenvalue weighted by molar-refractivity contribution is -0.105. The smallest absolute Gasteiger partial charge is 0.211 e. The summed E-state index contributed by atoms with van der Waals surface area (Å²) in [4.78, 5) is 13.9. The molecule has 0 bridgehead atoms. The average Bonchev–Trinajstić information content (AvgIpc) is 2.53. The highest BCUT2D eigenvalue weighted by molar-refractivity contribution is 5.71. The van der Waals surface area contributed by atoms with Crippen molar-refractivity contribution in [2.24, 2.45) is 0 Å². The molecule has 0 spiro atoms. The number of hydrogen-bond acceptors (Lipinski definition) is 2. The first kappa shape index (κ1) is 7.72. The van der Waals surface area contributed by atoms with Gasteiger partial charge >= 0.3 is 0 Å². The van der Waals surface area contributed by atoms with Crippen LogP contribution in [0.25, 0.3) is 5.65 Å². The van der Waals surface area contributed by atoms with E-state index in [0.717, 1.165) is 0 Å². The van der Waals surface area contributed by atoms with Gasteiger partial charge < -0.3 is 9.72 Å². The van der Waals surface area contributed by atoms with Crippen LogP contribution < -0.4 is 5.32 Å². The molecule has 0 unspecified atom stereocenters. The highest BCUT2D eigenvalue weighted by Gasteiger charge is 2.03. The van der Waals surface area contributed by atoms with Crippen LogP contribution in [-0.2, 0) is 4.79 Å². The number of rotatable bonds is 2. The molecule has 2 rings (SSSR count). The Labute approximate surface area is 73.0 Å². The second kappa shape index (κ2) is 2.85. The molecule has 13 heavy (non-hydrogen) atoms. The Morgan fingerprint density at radius 2 is 2.46 bits per heavy atom. The zero-order chi connectivity index (χ0) is 9.26. The molecule has 0 radical (unpaired) electrons. The molecule has 0 aliphatic carbocycles. The van der Waals surface area contributed by atoms with Crippen LogP contribution >= 0.6 is 0 Å². The van der Waals surface area contributed by atoms with Crippen molar-refractivity contribution in [3.63, 3.8) is 0 Å².